The van der Waals surface area contributed by atoms with E-state index in [1.807, 2.05) is 27.7 Å². The average Bonchev–Trinajstić information content (AvgIpc) is 2.46. The number of pyridine rings is 1. The molecule has 0 bridgehead atoms. The molecule has 0 saturated carbocycles. The van der Waals surface area contributed by atoms with Gasteiger partial charge in [0.2, 0.25) is 11.9 Å². The summed E-state index contributed by atoms with van der Waals surface area (Å²) in [5.41, 5.74) is -0.695. The van der Waals surface area contributed by atoms with Gasteiger partial charge in [0.25, 0.3) is 0 Å². The topological polar surface area (TPSA) is 31.4 Å². The molecule has 6 heteroatoms. The van der Waals surface area contributed by atoms with Crippen molar-refractivity contribution in [1.29, 1.82) is 0 Å². The zero-order chi connectivity index (χ0) is 14.3. The first-order valence-electron chi connectivity index (χ1n) is 6.07. The van der Waals surface area contributed by atoms with E-state index in [0.29, 0.717) is 0 Å². The molecule has 0 aliphatic carbocycles. The number of nitrogens with zero attached hydrogens (tertiary/aromatic N) is 1. The van der Waals surface area contributed by atoms with Crippen LogP contribution < -0.4 is 0 Å². The third-order valence-corrected chi connectivity index (χ3v) is 3.55. The lowest BCUT2D eigenvalue weighted by atomic mass is 9.89. The first-order chi connectivity index (χ1) is 8.71. The Morgan fingerprint density at radius 1 is 1.11 bits per heavy atom. The molecule has 1 aromatic heterocycles. The molecule has 0 atom stereocenters. The molecule has 3 nitrogen and oxygen atoms in total. The highest BCUT2D eigenvalue weighted by molar-refractivity contribution is 6.52. The van der Waals surface area contributed by atoms with E-state index in [9.17, 15) is 8.78 Å². The molecule has 1 saturated heterocycles. The molecule has 0 aromatic carbocycles. The van der Waals surface area contributed by atoms with Gasteiger partial charge in [0.1, 0.15) is 0 Å². The Morgan fingerprint density at radius 2 is 1.68 bits per heavy atom. The van der Waals surface area contributed by atoms with Gasteiger partial charge >= 0.3 is 7.12 Å². The molecular formula is C13H16BF2NO2. The lowest BCUT2D eigenvalue weighted by molar-refractivity contribution is 0.00578. The largest absolute Gasteiger partial charge is 0.487 e. The molecule has 0 spiro atoms. The second kappa shape index (κ2) is 4.69. The van der Waals surface area contributed by atoms with E-state index in [1.165, 1.54) is 12.1 Å². The lowest BCUT2D eigenvalue weighted by Crippen LogP contribution is -2.41. The Morgan fingerprint density at radius 3 is 2.21 bits per heavy atom. The molecule has 0 unspecified atom stereocenters. The van der Waals surface area contributed by atoms with Crippen LogP contribution in [-0.4, -0.2) is 23.3 Å². The molecule has 0 radical (unpaired) electrons. The Bertz CT molecular complexity index is 501. The van der Waals surface area contributed by atoms with Crippen molar-refractivity contribution in [2.45, 2.75) is 38.9 Å². The van der Waals surface area contributed by atoms with Crippen molar-refractivity contribution >= 4 is 13.2 Å². The van der Waals surface area contributed by atoms with E-state index in [0.717, 1.165) is 6.07 Å². The third kappa shape index (κ3) is 2.85. The molecule has 2 rings (SSSR count). The molecular weight excluding hydrogens is 251 g/mol. The minimum Gasteiger partial charge on any atom is -0.400 e. The monoisotopic (exact) mass is 267 g/mol. The van der Waals surface area contributed by atoms with Gasteiger partial charge in [-0.3, -0.25) is 0 Å². The van der Waals surface area contributed by atoms with Crippen molar-refractivity contribution in [1.82, 2.24) is 4.98 Å². The fourth-order valence-corrected chi connectivity index (χ4v) is 1.70. The number of rotatable bonds is 2. The van der Waals surface area contributed by atoms with Crippen LogP contribution in [0.4, 0.5) is 8.78 Å². The van der Waals surface area contributed by atoms with Gasteiger partial charge in [0, 0.05) is 5.56 Å². The van der Waals surface area contributed by atoms with Gasteiger partial charge < -0.3 is 9.31 Å². The fourth-order valence-electron chi connectivity index (χ4n) is 1.70. The zero-order valence-corrected chi connectivity index (χ0v) is 11.4. The van der Waals surface area contributed by atoms with E-state index in [1.54, 1.807) is 5.98 Å². The summed E-state index contributed by atoms with van der Waals surface area (Å²) in [7, 11) is -0.561. The molecule has 0 amide bonds. The smallest absolute Gasteiger partial charge is 0.400 e. The summed E-state index contributed by atoms with van der Waals surface area (Å²) >= 11 is 0. The van der Waals surface area contributed by atoms with E-state index < -0.39 is 30.2 Å². The Hall–Kier alpha value is -1.27. The minimum absolute atomic E-state index is 0.191. The molecule has 1 fully saturated rings. The molecule has 0 N–H and O–H groups in total. The SMILES string of the molecule is CC1(C)OB(/C=C/c2ccc(F)nc2F)OC1(C)C. The number of hydrogen-bond acceptors (Lipinski definition) is 3. The number of hydrogen-bond donors (Lipinski definition) is 0. The Kier molecular flexibility index (Phi) is 3.49. The van der Waals surface area contributed by atoms with Crippen LogP contribution in [0.5, 0.6) is 0 Å². The van der Waals surface area contributed by atoms with Crippen LogP contribution in [0.2, 0.25) is 0 Å². The fraction of sp³-hybridized carbons (Fsp3) is 0.462. The van der Waals surface area contributed by atoms with Gasteiger partial charge in [0.05, 0.1) is 11.2 Å². The highest BCUT2D eigenvalue weighted by Crippen LogP contribution is 2.37. The van der Waals surface area contributed by atoms with Crippen LogP contribution >= 0.6 is 0 Å². The molecule has 1 aliphatic rings. The summed E-state index contributed by atoms with van der Waals surface area (Å²) in [5, 5.41) is 0. The van der Waals surface area contributed by atoms with E-state index in [-0.39, 0.29) is 5.56 Å². The first kappa shape index (κ1) is 14.2. The molecule has 1 aliphatic heterocycles. The van der Waals surface area contributed by atoms with Crippen LogP contribution in [0.1, 0.15) is 33.3 Å². The molecule has 19 heavy (non-hydrogen) atoms. The van der Waals surface area contributed by atoms with Crippen LogP contribution in [0, 0.1) is 11.9 Å². The Labute approximate surface area is 111 Å². The van der Waals surface area contributed by atoms with Gasteiger partial charge in [-0.25, -0.2) is 0 Å². The van der Waals surface area contributed by atoms with Crippen LogP contribution in [-0.2, 0) is 9.31 Å². The Balaban J connectivity index is 2.13. The van der Waals surface area contributed by atoms with E-state index in [2.05, 4.69) is 4.98 Å². The quantitative estimate of drug-likeness (QED) is 0.609. The predicted octanol–water partition coefficient (Wildman–Crippen LogP) is 3.00. The second-order valence-corrected chi connectivity index (χ2v) is 5.50. The van der Waals surface area contributed by atoms with Crippen molar-refractivity contribution in [2.75, 3.05) is 0 Å². The summed E-state index contributed by atoms with van der Waals surface area (Å²) in [6.45, 7) is 7.73. The average molecular weight is 267 g/mol. The predicted molar refractivity (Wildman–Crippen MR) is 69.3 cm³/mol. The van der Waals surface area contributed by atoms with Gasteiger partial charge in [0.15, 0.2) is 0 Å². The standard InChI is InChI=1S/C13H16BF2NO2/c1-12(2)13(3,4)19-14(18-12)8-7-9-5-6-10(15)17-11(9)16/h5-8H,1-4H3/b8-7+. The molecule has 2 heterocycles. The second-order valence-electron chi connectivity index (χ2n) is 5.50. The summed E-state index contributed by atoms with van der Waals surface area (Å²) in [5.74, 6) is -0.104. The van der Waals surface area contributed by atoms with E-state index >= 15 is 0 Å². The first-order valence-corrected chi connectivity index (χ1v) is 6.07. The summed E-state index contributed by atoms with van der Waals surface area (Å²) in [6.07, 6.45) is 1.48. The third-order valence-electron chi connectivity index (χ3n) is 3.55. The molecule has 1 aromatic rings. The van der Waals surface area contributed by atoms with Gasteiger partial charge in [-0.1, -0.05) is 12.1 Å². The van der Waals surface area contributed by atoms with E-state index in [4.69, 9.17) is 9.31 Å². The van der Waals surface area contributed by atoms with Gasteiger partial charge in [-0.2, -0.15) is 13.8 Å². The van der Waals surface area contributed by atoms with Crippen LogP contribution in [0.25, 0.3) is 6.08 Å². The maximum absolute atomic E-state index is 13.3. The zero-order valence-electron chi connectivity index (χ0n) is 11.4. The van der Waals surface area contributed by atoms with Crippen molar-refractivity contribution in [3.63, 3.8) is 0 Å². The summed E-state index contributed by atoms with van der Waals surface area (Å²) < 4.78 is 37.5. The minimum atomic E-state index is -0.854. The van der Waals surface area contributed by atoms with Crippen LogP contribution in [0.15, 0.2) is 18.1 Å². The summed E-state index contributed by atoms with van der Waals surface area (Å²) in [4.78, 5) is 3.11. The maximum atomic E-state index is 13.3. The molecule has 102 valence electrons. The number of halogens is 2. The van der Waals surface area contributed by atoms with Crippen LogP contribution in [0.3, 0.4) is 0 Å². The highest BCUT2D eigenvalue weighted by Gasteiger charge is 2.49. The maximum Gasteiger partial charge on any atom is 0.487 e. The van der Waals surface area contributed by atoms with Crippen molar-refractivity contribution in [3.8, 4) is 0 Å². The van der Waals surface area contributed by atoms with Crippen molar-refractivity contribution < 1.29 is 18.1 Å². The van der Waals surface area contributed by atoms with Crippen molar-refractivity contribution in [2.24, 2.45) is 0 Å². The summed E-state index contributed by atoms with van der Waals surface area (Å²) in [6, 6.07) is 2.42. The van der Waals surface area contributed by atoms with Crippen molar-refractivity contribution in [3.05, 3.63) is 35.6 Å². The lowest BCUT2D eigenvalue weighted by Gasteiger charge is -2.32. The normalized spacial score (nSPS) is 21.3. The highest BCUT2D eigenvalue weighted by atomic mass is 19.1. The van der Waals surface area contributed by atoms with Gasteiger partial charge in [-0.05, 0) is 39.8 Å². The van der Waals surface area contributed by atoms with Gasteiger partial charge in [-0.15, -0.1) is 0 Å². The number of aromatic nitrogens is 1.